The van der Waals surface area contributed by atoms with Crippen LogP contribution < -0.4 is 10.6 Å². The van der Waals surface area contributed by atoms with Gasteiger partial charge >= 0.3 is 12.1 Å². The molecule has 0 bridgehead atoms. The van der Waals surface area contributed by atoms with E-state index in [4.69, 9.17) is 9.47 Å². The van der Waals surface area contributed by atoms with E-state index in [0.717, 1.165) is 16.7 Å². The molecule has 0 fully saturated rings. The number of nitrogens with zero attached hydrogens (tertiary/aromatic N) is 1. The van der Waals surface area contributed by atoms with Gasteiger partial charge in [-0.25, -0.2) is 9.59 Å². The lowest BCUT2D eigenvalue weighted by Gasteiger charge is -2.38. The van der Waals surface area contributed by atoms with Gasteiger partial charge in [-0.05, 0) is 79.9 Å². The van der Waals surface area contributed by atoms with Crippen LogP contribution in [0, 0.1) is 13.8 Å². The number of carbonyl (C=O) groups excluding carboxylic acids is 4. The standard InChI is InChI=1S/C35H51N3O7/c1-11-24(4)38(31(41)28(21-39)37-33(43)45-35(8,9)10)29(26-18-22(2)17-23(3)19-26)30(40)36-27(32(42)44-34(5,6)7)20-25-15-13-12-14-16-25/h12-19,24,27-29,39H,11,20-21H2,1-10H3,(H,36,40)(H,37,43). The lowest BCUT2D eigenvalue weighted by molar-refractivity contribution is -0.159. The number of amides is 3. The molecule has 0 saturated heterocycles. The Kier molecular flexibility index (Phi) is 13.2. The molecule has 4 atom stereocenters. The monoisotopic (exact) mass is 625 g/mol. The van der Waals surface area contributed by atoms with Crippen LogP contribution in [0.15, 0.2) is 48.5 Å². The highest BCUT2D eigenvalue weighted by molar-refractivity contribution is 5.94. The normalized spacial score (nSPS) is 14.4. The molecule has 45 heavy (non-hydrogen) atoms. The van der Waals surface area contributed by atoms with Crippen molar-refractivity contribution in [1.82, 2.24) is 15.5 Å². The summed E-state index contributed by atoms with van der Waals surface area (Å²) in [7, 11) is 0. The number of rotatable bonds is 12. The predicted octanol–water partition coefficient (Wildman–Crippen LogP) is 4.93. The summed E-state index contributed by atoms with van der Waals surface area (Å²) >= 11 is 0. The largest absolute Gasteiger partial charge is 0.458 e. The van der Waals surface area contributed by atoms with Crippen LogP contribution in [0.4, 0.5) is 4.79 Å². The highest BCUT2D eigenvalue weighted by atomic mass is 16.6. The summed E-state index contributed by atoms with van der Waals surface area (Å²) < 4.78 is 11.0. The molecule has 10 heteroatoms. The number of benzene rings is 2. The lowest BCUT2D eigenvalue weighted by atomic mass is 9.96. The molecule has 0 heterocycles. The first kappa shape index (κ1) is 37.3. The molecule has 0 spiro atoms. The van der Waals surface area contributed by atoms with Gasteiger partial charge in [0.05, 0.1) is 6.61 Å². The molecule has 10 nitrogen and oxygen atoms in total. The minimum absolute atomic E-state index is 0.164. The predicted molar refractivity (Wildman–Crippen MR) is 173 cm³/mol. The Labute approximate surface area is 267 Å². The molecule has 248 valence electrons. The van der Waals surface area contributed by atoms with Crippen LogP contribution in [0.25, 0.3) is 0 Å². The molecule has 0 radical (unpaired) electrons. The van der Waals surface area contributed by atoms with Crippen molar-refractivity contribution in [2.45, 2.75) is 117 Å². The van der Waals surface area contributed by atoms with Gasteiger partial charge in [0, 0.05) is 12.5 Å². The molecule has 0 aliphatic heterocycles. The number of hydrogen-bond acceptors (Lipinski definition) is 7. The minimum atomic E-state index is -1.39. The SMILES string of the molecule is CCC(C)N(C(=O)C(CO)NC(=O)OC(C)(C)C)C(C(=O)NC(Cc1ccccc1)C(=O)OC(C)(C)C)c1cc(C)cc(C)c1. The number of esters is 1. The van der Waals surface area contributed by atoms with Gasteiger partial charge in [0.1, 0.15) is 29.3 Å². The third kappa shape index (κ3) is 11.8. The second kappa shape index (κ2) is 15.9. The summed E-state index contributed by atoms with van der Waals surface area (Å²) in [4.78, 5) is 56.1. The van der Waals surface area contributed by atoms with Gasteiger partial charge < -0.3 is 30.1 Å². The van der Waals surface area contributed by atoms with E-state index >= 15 is 0 Å². The first-order chi connectivity index (χ1) is 20.8. The third-order valence-corrected chi connectivity index (χ3v) is 6.87. The molecular weight excluding hydrogens is 574 g/mol. The van der Waals surface area contributed by atoms with Crippen molar-refractivity contribution in [2.24, 2.45) is 0 Å². The molecular formula is C35H51N3O7. The van der Waals surface area contributed by atoms with E-state index in [1.54, 1.807) is 48.5 Å². The number of aliphatic hydroxyl groups excluding tert-OH is 1. The summed E-state index contributed by atoms with van der Waals surface area (Å²) in [6.45, 7) is 17.0. The highest BCUT2D eigenvalue weighted by Crippen LogP contribution is 2.28. The van der Waals surface area contributed by atoms with Crippen LogP contribution in [-0.2, 0) is 30.3 Å². The van der Waals surface area contributed by atoms with Crippen LogP contribution in [-0.4, -0.2) is 69.8 Å². The van der Waals surface area contributed by atoms with E-state index < -0.39 is 65.9 Å². The van der Waals surface area contributed by atoms with Gasteiger partial charge in [0.15, 0.2) is 0 Å². The number of aryl methyl sites for hydroxylation is 2. The molecule has 4 unspecified atom stereocenters. The number of aliphatic hydroxyl groups is 1. The Bertz CT molecular complexity index is 1290. The zero-order valence-corrected chi connectivity index (χ0v) is 28.4. The highest BCUT2D eigenvalue weighted by Gasteiger charge is 2.40. The van der Waals surface area contributed by atoms with Crippen molar-refractivity contribution < 1.29 is 33.8 Å². The molecule has 0 aliphatic carbocycles. The van der Waals surface area contributed by atoms with Crippen LogP contribution in [0.1, 0.15) is 90.1 Å². The summed E-state index contributed by atoms with van der Waals surface area (Å²) in [6, 6.07) is 10.7. The fraction of sp³-hybridized carbons (Fsp3) is 0.543. The van der Waals surface area contributed by atoms with Gasteiger partial charge in [0.2, 0.25) is 11.8 Å². The maximum Gasteiger partial charge on any atom is 0.408 e. The molecule has 0 saturated carbocycles. The third-order valence-electron chi connectivity index (χ3n) is 6.87. The fourth-order valence-electron chi connectivity index (χ4n) is 4.88. The molecule has 2 aromatic rings. The van der Waals surface area contributed by atoms with Crippen LogP contribution in [0.2, 0.25) is 0 Å². The van der Waals surface area contributed by atoms with E-state index in [-0.39, 0.29) is 6.42 Å². The molecule has 0 aliphatic rings. The molecule has 3 N–H and O–H groups in total. The molecule has 2 rings (SSSR count). The maximum absolute atomic E-state index is 14.4. The van der Waals surface area contributed by atoms with E-state index in [0.29, 0.717) is 12.0 Å². The zero-order chi connectivity index (χ0) is 34.1. The minimum Gasteiger partial charge on any atom is -0.458 e. The van der Waals surface area contributed by atoms with Crippen molar-refractivity contribution in [3.63, 3.8) is 0 Å². The lowest BCUT2D eigenvalue weighted by Crippen LogP contribution is -2.58. The average Bonchev–Trinajstić information content (AvgIpc) is 2.91. The fourth-order valence-corrected chi connectivity index (χ4v) is 4.88. The molecule has 2 aromatic carbocycles. The van der Waals surface area contributed by atoms with Crippen LogP contribution >= 0.6 is 0 Å². The average molecular weight is 626 g/mol. The Morgan fingerprint density at radius 3 is 1.89 bits per heavy atom. The van der Waals surface area contributed by atoms with E-state index in [1.807, 2.05) is 69.3 Å². The summed E-state index contributed by atoms with van der Waals surface area (Å²) in [5, 5.41) is 15.6. The van der Waals surface area contributed by atoms with E-state index in [9.17, 15) is 24.3 Å². The van der Waals surface area contributed by atoms with E-state index in [2.05, 4.69) is 10.6 Å². The van der Waals surface area contributed by atoms with Crippen molar-refractivity contribution in [3.05, 3.63) is 70.8 Å². The second-order valence-electron chi connectivity index (χ2n) is 13.5. The van der Waals surface area contributed by atoms with Gasteiger partial charge in [-0.2, -0.15) is 0 Å². The smallest absolute Gasteiger partial charge is 0.408 e. The topological polar surface area (TPSA) is 134 Å². The Morgan fingerprint density at radius 1 is 0.844 bits per heavy atom. The maximum atomic E-state index is 14.4. The first-order valence-corrected chi connectivity index (χ1v) is 15.4. The van der Waals surface area contributed by atoms with Gasteiger partial charge in [-0.1, -0.05) is 66.6 Å². The molecule has 3 amide bonds. The number of ether oxygens (including phenoxy) is 2. The van der Waals surface area contributed by atoms with Crippen LogP contribution in [0.5, 0.6) is 0 Å². The van der Waals surface area contributed by atoms with Crippen molar-refractivity contribution in [2.75, 3.05) is 6.61 Å². The molecule has 0 aromatic heterocycles. The first-order valence-electron chi connectivity index (χ1n) is 15.4. The zero-order valence-electron chi connectivity index (χ0n) is 28.4. The number of carbonyl (C=O) groups is 4. The number of hydrogen-bond donors (Lipinski definition) is 3. The summed E-state index contributed by atoms with van der Waals surface area (Å²) in [5.74, 6) is -1.89. The summed E-state index contributed by atoms with van der Waals surface area (Å²) in [6.07, 6.45) is -0.248. The van der Waals surface area contributed by atoms with Crippen molar-refractivity contribution in [3.8, 4) is 0 Å². The van der Waals surface area contributed by atoms with Gasteiger partial charge in [-0.3, -0.25) is 9.59 Å². The van der Waals surface area contributed by atoms with Crippen LogP contribution in [0.3, 0.4) is 0 Å². The Hall–Kier alpha value is -3.92. The summed E-state index contributed by atoms with van der Waals surface area (Å²) in [5.41, 5.74) is 1.45. The van der Waals surface area contributed by atoms with E-state index in [1.165, 1.54) is 4.90 Å². The van der Waals surface area contributed by atoms with Gasteiger partial charge in [0.25, 0.3) is 0 Å². The Morgan fingerprint density at radius 2 is 1.40 bits per heavy atom. The van der Waals surface area contributed by atoms with Crippen molar-refractivity contribution in [1.29, 1.82) is 0 Å². The van der Waals surface area contributed by atoms with Crippen molar-refractivity contribution >= 4 is 23.9 Å². The number of nitrogens with one attached hydrogen (secondary N) is 2. The Balaban J connectivity index is 2.63. The second-order valence-corrected chi connectivity index (χ2v) is 13.5. The van der Waals surface area contributed by atoms with Gasteiger partial charge in [-0.15, -0.1) is 0 Å². The number of alkyl carbamates (subject to hydrolysis) is 1. The quantitative estimate of drug-likeness (QED) is 0.285.